The van der Waals surface area contributed by atoms with E-state index in [1.54, 1.807) is 0 Å². The molecule has 2 aromatic carbocycles. The lowest BCUT2D eigenvalue weighted by molar-refractivity contribution is 0.161. The molecule has 2 aromatic rings. The van der Waals surface area contributed by atoms with Crippen molar-refractivity contribution in [3.63, 3.8) is 0 Å². The third-order valence-electron chi connectivity index (χ3n) is 5.21. The highest BCUT2D eigenvalue weighted by Gasteiger charge is 2.33. The summed E-state index contributed by atoms with van der Waals surface area (Å²) in [6.45, 7) is 0.822. The summed E-state index contributed by atoms with van der Waals surface area (Å²) in [5, 5.41) is 0. The molecule has 1 saturated carbocycles. The first-order valence-corrected chi connectivity index (χ1v) is 8.60. The second-order valence-electron chi connectivity index (χ2n) is 6.93. The summed E-state index contributed by atoms with van der Waals surface area (Å²) in [5.74, 6) is -3.18. The lowest BCUT2D eigenvalue weighted by Gasteiger charge is -2.39. The zero-order chi connectivity index (χ0) is 18.0. The molecule has 1 fully saturated rings. The highest BCUT2D eigenvalue weighted by atomic mass is 19.2. The topological polar surface area (TPSA) is 29.3 Å². The van der Waals surface area contributed by atoms with Gasteiger partial charge >= 0.3 is 0 Å². The number of hydrogen-bond acceptors (Lipinski definition) is 2. The van der Waals surface area contributed by atoms with Crippen molar-refractivity contribution in [1.82, 2.24) is 4.90 Å². The average Bonchev–Trinajstić information content (AvgIpc) is 2.59. The van der Waals surface area contributed by atoms with E-state index in [4.69, 9.17) is 5.73 Å². The van der Waals surface area contributed by atoms with Crippen LogP contribution in [0.2, 0.25) is 0 Å². The maximum atomic E-state index is 14.1. The van der Waals surface area contributed by atoms with Crippen LogP contribution in [0, 0.1) is 17.5 Å². The Bertz CT molecular complexity index is 720. The van der Waals surface area contributed by atoms with Gasteiger partial charge in [0.2, 0.25) is 0 Å². The minimum absolute atomic E-state index is 0.190. The molecule has 0 aromatic heterocycles. The Morgan fingerprint density at radius 1 is 1.00 bits per heavy atom. The van der Waals surface area contributed by atoms with Crippen molar-refractivity contribution in [3.05, 3.63) is 71.0 Å². The third kappa shape index (κ3) is 4.05. The van der Waals surface area contributed by atoms with Crippen LogP contribution in [0.3, 0.4) is 0 Å². The van der Waals surface area contributed by atoms with Gasteiger partial charge in [0.15, 0.2) is 11.6 Å². The first-order valence-electron chi connectivity index (χ1n) is 8.60. The van der Waals surface area contributed by atoms with E-state index in [-0.39, 0.29) is 17.5 Å². The average molecular weight is 348 g/mol. The molecule has 3 rings (SSSR count). The van der Waals surface area contributed by atoms with E-state index in [1.165, 1.54) is 5.56 Å². The highest BCUT2D eigenvalue weighted by molar-refractivity contribution is 5.26. The molecule has 0 saturated heterocycles. The van der Waals surface area contributed by atoms with Gasteiger partial charge < -0.3 is 5.73 Å². The van der Waals surface area contributed by atoms with Gasteiger partial charge in [-0.25, -0.2) is 13.2 Å². The Morgan fingerprint density at radius 3 is 2.36 bits per heavy atom. The van der Waals surface area contributed by atoms with Gasteiger partial charge in [0, 0.05) is 30.6 Å². The Kier molecular flexibility index (Phi) is 5.45. The fraction of sp³-hybridized carbons (Fsp3) is 0.400. The third-order valence-corrected chi connectivity index (χ3v) is 5.21. The van der Waals surface area contributed by atoms with Gasteiger partial charge in [0.1, 0.15) is 5.82 Å². The number of rotatable bonds is 4. The summed E-state index contributed by atoms with van der Waals surface area (Å²) >= 11 is 0. The molecule has 0 heterocycles. The largest absolute Gasteiger partial charge is 0.327 e. The number of halogens is 3. The molecule has 0 spiro atoms. The second-order valence-corrected chi connectivity index (χ2v) is 6.93. The summed E-state index contributed by atoms with van der Waals surface area (Å²) in [4.78, 5) is 2.26. The minimum Gasteiger partial charge on any atom is -0.327 e. The maximum absolute atomic E-state index is 14.1. The van der Waals surface area contributed by atoms with Crippen molar-refractivity contribution in [1.29, 1.82) is 0 Å². The van der Waals surface area contributed by atoms with Gasteiger partial charge in [0.05, 0.1) is 0 Å². The predicted octanol–water partition coefficient (Wildman–Crippen LogP) is 4.20. The summed E-state index contributed by atoms with van der Waals surface area (Å²) < 4.78 is 40.7. The van der Waals surface area contributed by atoms with Crippen LogP contribution in [0.1, 0.15) is 36.3 Å². The SMILES string of the molecule is CN(Cc1ccccc1)[C@H]1CC[C@H](c2cc(F)c(F)cc2F)[C@@H](N)C1. The van der Waals surface area contributed by atoms with Crippen molar-refractivity contribution >= 4 is 0 Å². The van der Waals surface area contributed by atoms with Gasteiger partial charge in [-0.2, -0.15) is 0 Å². The van der Waals surface area contributed by atoms with Gasteiger partial charge in [-0.3, -0.25) is 4.90 Å². The van der Waals surface area contributed by atoms with Gasteiger partial charge in [-0.1, -0.05) is 30.3 Å². The van der Waals surface area contributed by atoms with Gasteiger partial charge in [0.25, 0.3) is 0 Å². The number of nitrogens with two attached hydrogens (primary N) is 1. The molecule has 3 atom stereocenters. The minimum atomic E-state index is -1.16. The molecule has 0 bridgehead atoms. The normalized spacial score (nSPS) is 23.8. The molecule has 134 valence electrons. The van der Waals surface area contributed by atoms with Crippen LogP contribution in [0.15, 0.2) is 42.5 Å². The van der Waals surface area contributed by atoms with Crippen LogP contribution in [0.4, 0.5) is 13.2 Å². The van der Waals surface area contributed by atoms with E-state index in [2.05, 4.69) is 24.1 Å². The smallest absolute Gasteiger partial charge is 0.161 e. The van der Waals surface area contributed by atoms with Crippen molar-refractivity contribution in [2.75, 3.05) is 7.05 Å². The van der Waals surface area contributed by atoms with Crippen LogP contribution in [-0.4, -0.2) is 24.0 Å². The van der Waals surface area contributed by atoms with Crippen molar-refractivity contribution < 1.29 is 13.2 Å². The second kappa shape index (κ2) is 7.58. The molecule has 25 heavy (non-hydrogen) atoms. The Labute approximate surface area is 146 Å². The van der Waals surface area contributed by atoms with Crippen LogP contribution in [0.5, 0.6) is 0 Å². The molecular formula is C20H23F3N2. The fourth-order valence-electron chi connectivity index (χ4n) is 3.79. The molecule has 0 amide bonds. The first kappa shape index (κ1) is 18.0. The lowest BCUT2D eigenvalue weighted by atomic mass is 9.77. The molecule has 2 nitrogen and oxygen atoms in total. The highest BCUT2D eigenvalue weighted by Crippen LogP contribution is 2.36. The zero-order valence-electron chi connectivity index (χ0n) is 14.3. The van der Waals surface area contributed by atoms with Crippen molar-refractivity contribution in [2.45, 2.75) is 43.8 Å². The van der Waals surface area contributed by atoms with E-state index in [9.17, 15) is 13.2 Å². The maximum Gasteiger partial charge on any atom is 0.161 e. The van der Waals surface area contributed by atoms with E-state index in [1.807, 2.05) is 18.2 Å². The van der Waals surface area contributed by atoms with Crippen molar-refractivity contribution in [2.24, 2.45) is 5.73 Å². The van der Waals surface area contributed by atoms with E-state index < -0.39 is 17.5 Å². The zero-order valence-corrected chi connectivity index (χ0v) is 14.3. The molecule has 1 aliphatic carbocycles. The molecule has 0 radical (unpaired) electrons. The van der Waals surface area contributed by atoms with Gasteiger partial charge in [-0.15, -0.1) is 0 Å². The van der Waals surface area contributed by atoms with Crippen LogP contribution < -0.4 is 5.73 Å². The molecular weight excluding hydrogens is 325 g/mol. The summed E-state index contributed by atoms with van der Waals surface area (Å²) in [7, 11) is 2.06. The molecule has 1 aliphatic rings. The number of benzene rings is 2. The first-order chi connectivity index (χ1) is 12.0. The summed E-state index contributed by atoms with van der Waals surface area (Å²) in [6.07, 6.45) is 2.21. The Hall–Kier alpha value is -1.85. The van der Waals surface area contributed by atoms with Crippen LogP contribution in [-0.2, 0) is 6.54 Å². The monoisotopic (exact) mass is 348 g/mol. The predicted molar refractivity (Wildman–Crippen MR) is 92.6 cm³/mol. The molecule has 2 N–H and O–H groups in total. The van der Waals surface area contributed by atoms with E-state index >= 15 is 0 Å². The summed E-state index contributed by atoms with van der Waals surface area (Å²) in [6, 6.07) is 11.8. The van der Waals surface area contributed by atoms with Crippen molar-refractivity contribution in [3.8, 4) is 0 Å². The number of hydrogen-bond donors (Lipinski definition) is 1. The fourth-order valence-corrected chi connectivity index (χ4v) is 3.79. The lowest BCUT2D eigenvalue weighted by Crippen LogP contribution is -2.44. The standard InChI is InChI=1S/C20H23F3N2/c1-25(12-13-5-3-2-4-6-13)14-7-8-15(20(24)9-14)16-10-18(22)19(23)11-17(16)21/h2-6,10-11,14-15,20H,7-9,12,24H2,1H3/t14-,15+,20-/m0/s1. The quantitative estimate of drug-likeness (QED) is 0.839. The van der Waals surface area contributed by atoms with E-state index in [0.717, 1.165) is 19.0 Å². The van der Waals surface area contributed by atoms with Crippen LogP contribution in [0.25, 0.3) is 0 Å². The van der Waals surface area contributed by atoms with Gasteiger partial charge in [-0.05, 0) is 43.5 Å². The number of nitrogens with zero attached hydrogens (tertiary/aromatic N) is 1. The summed E-state index contributed by atoms with van der Waals surface area (Å²) in [5.41, 5.74) is 7.70. The molecule has 0 aliphatic heterocycles. The molecule has 0 unspecified atom stereocenters. The van der Waals surface area contributed by atoms with Crippen LogP contribution >= 0.6 is 0 Å². The Morgan fingerprint density at radius 2 is 1.68 bits per heavy atom. The van der Waals surface area contributed by atoms with E-state index in [0.29, 0.717) is 24.9 Å². The Balaban J connectivity index is 1.67. The molecule has 5 heteroatoms.